The van der Waals surface area contributed by atoms with Gasteiger partial charge in [-0.1, -0.05) is 24.6 Å². The van der Waals surface area contributed by atoms with Gasteiger partial charge in [-0.15, -0.1) is 0 Å². The van der Waals surface area contributed by atoms with E-state index in [-0.39, 0.29) is 42.6 Å². The number of Topliss-reactive ketones (excluding diaryl/α,β-unsaturated/α-hetero) is 1. The Morgan fingerprint density at radius 2 is 1.94 bits per heavy atom. The molecule has 4 atom stereocenters. The van der Waals surface area contributed by atoms with E-state index in [1.54, 1.807) is 14.2 Å². The number of carbonyl (C=O) groups is 1. The number of rotatable bonds is 7. The van der Waals surface area contributed by atoms with Crippen LogP contribution >= 0.6 is 0 Å². The molecule has 2 aromatic carbocycles. The van der Waals surface area contributed by atoms with E-state index in [4.69, 9.17) is 9.47 Å². The monoisotopic (exact) mass is 434 g/mol. The van der Waals surface area contributed by atoms with E-state index < -0.39 is 0 Å². The second kappa shape index (κ2) is 9.72. The van der Waals surface area contributed by atoms with Gasteiger partial charge in [0.15, 0.2) is 5.78 Å². The lowest BCUT2D eigenvalue weighted by Crippen LogP contribution is -2.39. The Labute approximate surface area is 189 Å². The molecule has 0 bridgehead atoms. The van der Waals surface area contributed by atoms with Crippen molar-refractivity contribution in [2.45, 2.75) is 44.2 Å². The molecule has 0 aromatic heterocycles. The van der Waals surface area contributed by atoms with Gasteiger partial charge in [-0.05, 0) is 48.1 Å². The molecule has 0 amide bonds. The number of hydrogen-bond acceptors (Lipinski definition) is 6. The molecule has 2 fully saturated rings. The molecule has 2 aromatic rings. The van der Waals surface area contributed by atoms with Gasteiger partial charge in [0.2, 0.25) is 0 Å². The van der Waals surface area contributed by atoms with Crippen molar-refractivity contribution in [2.75, 3.05) is 20.8 Å². The fraction of sp³-hybridized carbons (Fsp3) is 0.462. The number of fused-ring (bicyclic) bond motifs is 1. The van der Waals surface area contributed by atoms with Gasteiger partial charge in [0, 0.05) is 30.0 Å². The minimum Gasteiger partial charge on any atom is -0.496 e. The number of ether oxygens (including phenoxy) is 2. The fourth-order valence-corrected chi connectivity index (χ4v) is 5.40. The molecule has 1 aliphatic heterocycles. The van der Waals surface area contributed by atoms with Gasteiger partial charge in [-0.2, -0.15) is 5.26 Å². The fourth-order valence-electron chi connectivity index (χ4n) is 5.40. The molecule has 0 spiro atoms. The predicted molar refractivity (Wildman–Crippen MR) is 122 cm³/mol. The van der Waals surface area contributed by atoms with Crippen LogP contribution in [0.3, 0.4) is 0 Å². The molecule has 1 saturated carbocycles. The van der Waals surface area contributed by atoms with Crippen molar-refractivity contribution in [1.29, 1.82) is 5.26 Å². The van der Waals surface area contributed by atoms with Crippen LogP contribution in [-0.2, 0) is 17.6 Å². The molecule has 32 heavy (non-hydrogen) atoms. The molecule has 1 heterocycles. The molecule has 1 aliphatic carbocycles. The average molecular weight is 435 g/mol. The Balaban J connectivity index is 1.66. The number of methoxy groups -OCH3 is 2. The highest BCUT2D eigenvalue weighted by Gasteiger charge is 2.44. The molecule has 6 heteroatoms. The van der Waals surface area contributed by atoms with Crippen LogP contribution in [0.1, 0.15) is 30.4 Å². The lowest BCUT2D eigenvalue weighted by atomic mass is 9.75. The zero-order valence-electron chi connectivity index (χ0n) is 18.6. The molecule has 4 rings (SSSR count). The number of benzene rings is 2. The summed E-state index contributed by atoms with van der Waals surface area (Å²) in [4.78, 5) is 13.4. The van der Waals surface area contributed by atoms with Crippen LogP contribution in [0, 0.1) is 23.2 Å². The van der Waals surface area contributed by atoms with Crippen molar-refractivity contribution in [3.8, 4) is 28.7 Å². The van der Waals surface area contributed by atoms with Crippen LogP contribution in [0.2, 0.25) is 0 Å². The van der Waals surface area contributed by atoms with Crippen LogP contribution in [0.4, 0.5) is 0 Å². The Hall–Kier alpha value is -2.88. The molecule has 1 saturated heterocycles. The molecule has 0 radical (unpaired) electrons. The van der Waals surface area contributed by atoms with Crippen molar-refractivity contribution in [3.05, 3.63) is 47.5 Å². The van der Waals surface area contributed by atoms with Gasteiger partial charge >= 0.3 is 0 Å². The number of hydrogen-bond donors (Lipinski definition) is 2. The number of nitriles is 1. The summed E-state index contributed by atoms with van der Waals surface area (Å²) in [5.41, 5.74) is 3.34. The smallest absolute Gasteiger partial charge is 0.154 e. The Bertz CT molecular complexity index is 1030. The largest absolute Gasteiger partial charge is 0.496 e. The van der Waals surface area contributed by atoms with Crippen LogP contribution in [0.15, 0.2) is 36.4 Å². The quantitative estimate of drug-likeness (QED) is 0.695. The summed E-state index contributed by atoms with van der Waals surface area (Å²) in [7, 11) is 3.22. The van der Waals surface area contributed by atoms with Crippen LogP contribution < -0.4 is 14.8 Å². The lowest BCUT2D eigenvalue weighted by Gasteiger charge is -2.31. The summed E-state index contributed by atoms with van der Waals surface area (Å²) < 4.78 is 11.2. The summed E-state index contributed by atoms with van der Waals surface area (Å²) in [6.45, 7) is 0.678. The van der Waals surface area contributed by atoms with Gasteiger partial charge in [-0.3, -0.25) is 4.79 Å². The van der Waals surface area contributed by atoms with E-state index in [0.717, 1.165) is 47.3 Å². The highest BCUT2D eigenvalue weighted by Crippen LogP contribution is 2.39. The maximum Gasteiger partial charge on any atom is 0.154 e. The van der Waals surface area contributed by atoms with Crippen LogP contribution in [0.5, 0.6) is 11.5 Å². The molecule has 3 unspecified atom stereocenters. The van der Waals surface area contributed by atoms with E-state index in [2.05, 4.69) is 11.4 Å². The first kappa shape index (κ1) is 22.3. The van der Waals surface area contributed by atoms with E-state index in [0.29, 0.717) is 12.3 Å². The standard InChI is InChI=1S/C26H30N2O4/c1-31-24-9-4-3-6-18(24)17-12-16(10-11-27)20(25(13-17)32-2)14-23(30)26-19-7-5-8-22(29)21(19)15-28-26/h3-4,6,9,12-13,19,21-22,26,28-29H,5,7-8,10,14-15H2,1-2H3/t19-,21?,22?,26?/m1/s1. The van der Waals surface area contributed by atoms with E-state index in [9.17, 15) is 15.2 Å². The number of carbonyl (C=O) groups excluding carboxylic acids is 1. The van der Waals surface area contributed by atoms with Gasteiger partial charge in [0.1, 0.15) is 11.5 Å². The highest BCUT2D eigenvalue weighted by atomic mass is 16.5. The number of nitrogens with zero attached hydrogens (tertiary/aromatic N) is 1. The molecule has 168 valence electrons. The Morgan fingerprint density at radius 1 is 1.16 bits per heavy atom. The van der Waals surface area contributed by atoms with Gasteiger partial charge < -0.3 is 19.9 Å². The first-order valence-electron chi connectivity index (χ1n) is 11.2. The zero-order valence-corrected chi connectivity index (χ0v) is 18.6. The number of para-hydroxylation sites is 1. The van der Waals surface area contributed by atoms with E-state index in [1.807, 2.05) is 36.4 Å². The maximum atomic E-state index is 13.4. The number of aliphatic hydroxyl groups is 1. The molecule has 2 aliphatic rings. The van der Waals surface area contributed by atoms with Crippen molar-refractivity contribution in [3.63, 3.8) is 0 Å². The minimum absolute atomic E-state index is 0.0918. The summed E-state index contributed by atoms with van der Waals surface area (Å²) in [5.74, 6) is 1.74. The number of nitrogens with one attached hydrogen (secondary N) is 1. The van der Waals surface area contributed by atoms with Crippen molar-refractivity contribution < 1.29 is 19.4 Å². The molecular weight excluding hydrogens is 404 g/mol. The van der Waals surface area contributed by atoms with Gasteiger partial charge in [-0.25, -0.2) is 0 Å². The zero-order chi connectivity index (χ0) is 22.7. The SMILES string of the molecule is COc1ccccc1-c1cc(CC#N)c(CC(=O)C2NCC3C(O)CCC[C@@H]23)c(OC)c1. The van der Waals surface area contributed by atoms with Crippen molar-refractivity contribution >= 4 is 5.78 Å². The normalized spacial score (nSPS) is 24.4. The Kier molecular flexibility index (Phi) is 6.78. The van der Waals surface area contributed by atoms with Crippen molar-refractivity contribution in [1.82, 2.24) is 5.32 Å². The van der Waals surface area contributed by atoms with Crippen LogP contribution in [-0.4, -0.2) is 43.8 Å². The summed E-state index contributed by atoms with van der Waals surface area (Å²) >= 11 is 0. The summed E-state index contributed by atoms with van der Waals surface area (Å²) in [5, 5.41) is 23.1. The maximum absolute atomic E-state index is 13.4. The minimum atomic E-state index is -0.331. The summed E-state index contributed by atoms with van der Waals surface area (Å²) in [6, 6.07) is 13.5. The third kappa shape index (κ3) is 4.23. The number of aliphatic hydroxyl groups excluding tert-OH is 1. The lowest BCUT2D eigenvalue weighted by molar-refractivity contribution is -0.121. The van der Waals surface area contributed by atoms with Gasteiger partial charge in [0.05, 0.1) is 38.9 Å². The second-order valence-electron chi connectivity index (χ2n) is 8.71. The molecule has 6 nitrogen and oxygen atoms in total. The first-order chi connectivity index (χ1) is 15.6. The number of ketones is 1. The first-order valence-corrected chi connectivity index (χ1v) is 11.2. The third-order valence-corrected chi connectivity index (χ3v) is 6.99. The average Bonchev–Trinajstić information content (AvgIpc) is 3.26. The van der Waals surface area contributed by atoms with Gasteiger partial charge in [0.25, 0.3) is 0 Å². The molecule has 2 N–H and O–H groups in total. The third-order valence-electron chi connectivity index (χ3n) is 6.99. The molecular formula is C26H30N2O4. The topological polar surface area (TPSA) is 91.6 Å². The Morgan fingerprint density at radius 3 is 2.69 bits per heavy atom. The van der Waals surface area contributed by atoms with E-state index in [1.165, 1.54) is 0 Å². The predicted octanol–water partition coefficient (Wildman–Crippen LogP) is 3.30. The van der Waals surface area contributed by atoms with E-state index >= 15 is 0 Å². The van der Waals surface area contributed by atoms with Crippen LogP contribution in [0.25, 0.3) is 11.1 Å². The summed E-state index contributed by atoms with van der Waals surface area (Å²) in [6.07, 6.45) is 2.77. The second-order valence-corrected chi connectivity index (χ2v) is 8.71. The highest BCUT2D eigenvalue weighted by molar-refractivity contribution is 5.88. The van der Waals surface area contributed by atoms with Crippen molar-refractivity contribution in [2.24, 2.45) is 11.8 Å².